The molecule has 6 nitrogen and oxygen atoms in total. The fraction of sp³-hybridized carbons (Fsp3) is 0.316. The molecule has 2 amide bonds. The third kappa shape index (κ3) is 3.63. The minimum Gasteiger partial charge on any atom is -0.475 e. The summed E-state index contributed by atoms with van der Waals surface area (Å²) < 4.78 is 5.58. The molecule has 1 aromatic heterocycles. The lowest BCUT2D eigenvalue weighted by molar-refractivity contribution is -0.119. The van der Waals surface area contributed by atoms with Gasteiger partial charge in [-0.15, -0.1) is 0 Å². The number of benzene rings is 1. The molecule has 0 bridgehead atoms. The van der Waals surface area contributed by atoms with Crippen molar-refractivity contribution >= 4 is 23.2 Å². The maximum atomic E-state index is 13.1. The lowest BCUT2D eigenvalue weighted by atomic mass is 10.1. The van der Waals surface area contributed by atoms with Crippen LogP contribution in [-0.2, 0) is 4.79 Å². The number of amides is 2. The largest absolute Gasteiger partial charge is 0.475 e. The molecule has 0 fully saturated rings. The van der Waals surface area contributed by atoms with Gasteiger partial charge >= 0.3 is 0 Å². The smallest absolute Gasteiger partial charge is 0.277 e. The number of fused-ring (bicyclic) bond motifs is 1. The lowest BCUT2D eigenvalue weighted by Crippen LogP contribution is -2.36. The molecule has 0 aliphatic carbocycles. The average molecular weight is 339 g/mol. The first-order valence-electron chi connectivity index (χ1n) is 8.31. The molecule has 1 atom stereocenters. The second-order valence-corrected chi connectivity index (χ2v) is 6.35. The maximum Gasteiger partial charge on any atom is 0.277 e. The Morgan fingerprint density at radius 1 is 1.24 bits per heavy atom. The summed E-state index contributed by atoms with van der Waals surface area (Å²) in [6.07, 6.45) is -0.0291. The van der Waals surface area contributed by atoms with E-state index in [1.165, 1.54) is 0 Å². The minimum absolute atomic E-state index is 0.0291. The third-order valence-electron chi connectivity index (χ3n) is 3.90. The van der Waals surface area contributed by atoms with E-state index in [1.807, 2.05) is 32.0 Å². The van der Waals surface area contributed by atoms with Gasteiger partial charge in [-0.1, -0.05) is 25.1 Å². The summed E-state index contributed by atoms with van der Waals surface area (Å²) >= 11 is 0. The highest BCUT2D eigenvalue weighted by atomic mass is 16.5. The van der Waals surface area contributed by atoms with Crippen molar-refractivity contribution in [3.05, 3.63) is 48.2 Å². The van der Waals surface area contributed by atoms with Gasteiger partial charge in [0.1, 0.15) is 5.69 Å². The van der Waals surface area contributed by atoms with Gasteiger partial charge in [0.15, 0.2) is 0 Å². The van der Waals surface area contributed by atoms with Crippen LogP contribution in [0.3, 0.4) is 0 Å². The number of nitrogens with one attached hydrogen (secondary N) is 1. The van der Waals surface area contributed by atoms with Gasteiger partial charge in [0.05, 0.1) is 23.4 Å². The van der Waals surface area contributed by atoms with Crippen molar-refractivity contribution in [2.75, 3.05) is 16.8 Å². The zero-order chi connectivity index (χ0) is 18.0. The number of anilines is 2. The average Bonchev–Trinajstić information content (AvgIpc) is 2.71. The number of hydrogen-bond donors (Lipinski definition) is 1. The second-order valence-electron chi connectivity index (χ2n) is 6.35. The molecule has 0 saturated carbocycles. The number of nitrogens with zero attached hydrogens (tertiary/aromatic N) is 2. The Kier molecular flexibility index (Phi) is 4.70. The molecule has 1 aliphatic rings. The van der Waals surface area contributed by atoms with E-state index in [0.717, 1.165) is 0 Å². The predicted molar refractivity (Wildman–Crippen MR) is 95.9 cm³/mol. The van der Waals surface area contributed by atoms with Crippen LogP contribution in [0.4, 0.5) is 11.4 Å². The molecule has 130 valence electrons. The van der Waals surface area contributed by atoms with Gasteiger partial charge in [0.25, 0.3) is 5.91 Å². The van der Waals surface area contributed by atoms with Crippen LogP contribution in [-0.4, -0.2) is 29.4 Å². The summed E-state index contributed by atoms with van der Waals surface area (Å²) in [6.45, 7) is 5.90. The van der Waals surface area contributed by atoms with Crippen molar-refractivity contribution in [2.24, 2.45) is 5.92 Å². The van der Waals surface area contributed by atoms with Gasteiger partial charge in [0.2, 0.25) is 11.8 Å². The van der Waals surface area contributed by atoms with Crippen LogP contribution >= 0.6 is 0 Å². The van der Waals surface area contributed by atoms with Gasteiger partial charge in [-0.25, -0.2) is 4.98 Å². The molecule has 1 unspecified atom stereocenters. The summed E-state index contributed by atoms with van der Waals surface area (Å²) in [6, 6.07) is 12.4. The van der Waals surface area contributed by atoms with Crippen molar-refractivity contribution in [1.82, 2.24) is 4.98 Å². The standard InChI is InChI=1S/C19H21N3O3/c1-12(2)25-17-10-6-8-15(20-17)19(24)22-11-13(3)18(23)21-14-7-4-5-9-16(14)22/h4-10,12-13H,11H2,1-3H3,(H,21,23). The molecule has 1 aliphatic heterocycles. The van der Waals surface area contributed by atoms with Gasteiger partial charge in [-0.05, 0) is 32.0 Å². The highest BCUT2D eigenvalue weighted by Crippen LogP contribution is 2.31. The normalized spacial score (nSPS) is 16.9. The Morgan fingerprint density at radius 3 is 2.76 bits per heavy atom. The third-order valence-corrected chi connectivity index (χ3v) is 3.90. The first kappa shape index (κ1) is 17.0. The van der Waals surface area contributed by atoms with E-state index < -0.39 is 0 Å². The van der Waals surface area contributed by atoms with Crippen LogP contribution in [0.15, 0.2) is 42.5 Å². The number of pyridine rings is 1. The number of rotatable bonds is 3. The Morgan fingerprint density at radius 2 is 2.00 bits per heavy atom. The predicted octanol–water partition coefficient (Wildman–Crippen LogP) is 3.10. The van der Waals surface area contributed by atoms with Crippen LogP contribution in [0.5, 0.6) is 5.88 Å². The number of hydrogen-bond acceptors (Lipinski definition) is 4. The summed E-state index contributed by atoms with van der Waals surface area (Å²) in [7, 11) is 0. The number of ether oxygens (including phenoxy) is 1. The summed E-state index contributed by atoms with van der Waals surface area (Å²) in [5.74, 6) is -0.282. The molecule has 2 heterocycles. The number of para-hydroxylation sites is 2. The molecular formula is C19H21N3O3. The van der Waals surface area contributed by atoms with Gasteiger partial charge in [-0.3, -0.25) is 9.59 Å². The molecule has 0 spiro atoms. The van der Waals surface area contributed by atoms with Crippen molar-refractivity contribution in [3.63, 3.8) is 0 Å². The first-order valence-corrected chi connectivity index (χ1v) is 8.31. The van der Waals surface area contributed by atoms with Crippen molar-refractivity contribution in [2.45, 2.75) is 26.9 Å². The van der Waals surface area contributed by atoms with Crippen molar-refractivity contribution < 1.29 is 14.3 Å². The Bertz CT molecular complexity index is 804. The molecule has 25 heavy (non-hydrogen) atoms. The van der Waals surface area contributed by atoms with Gasteiger partial charge in [0, 0.05) is 12.6 Å². The molecule has 2 aromatic rings. The Labute approximate surface area is 146 Å². The van der Waals surface area contributed by atoms with E-state index in [9.17, 15) is 9.59 Å². The SMILES string of the molecule is CC(C)Oc1cccc(C(=O)N2CC(C)C(=O)Nc3ccccc32)n1. The molecule has 1 N–H and O–H groups in total. The second kappa shape index (κ2) is 6.93. The molecule has 6 heteroatoms. The van der Waals surface area contributed by atoms with Crippen LogP contribution in [0.1, 0.15) is 31.3 Å². The summed E-state index contributed by atoms with van der Waals surface area (Å²) in [4.78, 5) is 31.2. The fourth-order valence-electron chi connectivity index (χ4n) is 2.70. The van der Waals surface area contributed by atoms with Crippen LogP contribution in [0.25, 0.3) is 0 Å². The highest BCUT2D eigenvalue weighted by Gasteiger charge is 2.29. The molecule has 3 rings (SSSR count). The number of carbonyl (C=O) groups excluding carboxylic acids is 2. The molecule has 0 radical (unpaired) electrons. The zero-order valence-electron chi connectivity index (χ0n) is 14.5. The van der Waals surface area contributed by atoms with E-state index >= 15 is 0 Å². The van der Waals surface area contributed by atoms with E-state index in [4.69, 9.17) is 4.74 Å². The minimum atomic E-state index is -0.327. The molecular weight excluding hydrogens is 318 g/mol. The van der Waals surface area contributed by atoms with Crippen molar-refractivity contribution in [1.29, 1.82) is 0 Å². The van der Waals surface area contributed by atoms with E-state index in [2.05, 4.69) is 10.3 Å². The zero-order valence-corrected chi connectivity index (χ0v) is 14.5. The Hall–Kier alpha value is -2.89. The van der Waals surface area contributed by atoms with E-state index in [0.29, 0.717) is 23.8 Å². The summed E-state index contributed by atoms with van der Waals surface area (Å²) in [5.41, 5.74) is 1.58. The number of aromatic nitrogens is 1. The monoisotopic (exact) mass is 339 g/mol. The molecule has 1 aromatic carbocycles. The van der Waals surface area contributed by atoms with E-state index in [1.54, 1.807) is 36.1 Å². The maximum absolute atomic E-state index is 13.1. The topological polar surface area (TPSA) is 71.5 Å². The quantitative estimate of drug-likeness (QED) is 0.933. The van der Waals surface area contributed by atoms with E-state index in [-0.39, 0.29) is 29.5 Å². The summed E-state index contributed by atoms with van der Waals surface area (Å²) in [5, 5.41) is 2.87. The fourth-order valence-corrected chi connectivity index (χ4v) is 2.70. The molecule has 0 saturated heterocycles. The lowest BCUT2D eigenvalue weighted by Gasteiger charge is -2.23. The van der Waals surface area contributed by atoms with Crippen LogP contribution in [0.2, 0.25) is 0 Å². The first-order chi connectivity index (χ1) is 12.0. The van der Waals surface area contributed by atoms with Crippen LogP contribution < -0.4 is 15.0 Å². The van der Waals surface area contributed by atoms with Gasteiger partial charge < -0.3 is 15.0 Å². The van der Waals surface area contributed by atoms with Crippen LogP contribution in [0, 0.1) is 5.92 Å². The Balaban J connectivity index is 1.97. The highest BCUT2D eigenvalue weighted by molar-refractivity contribution is 6.10. The van der Waals surface area contributed by atoms with Crippen molar-refractivity contribution in [3.8, 4) is 5.88 Å². The number of carbonyl (C=O) groups is 2. The van der Waals surface area contributed by atoms with Gasteiger partial charge in [-0.2, -0.15) is 0 Å².